The van der Waals surface area contributed by atoms with E-state index >= 15 is 0 Å². The molecule has 0 atom stereocenters. The molecule has 3 aromatic heterocycles. The number of nitrogens with zero attached hydrogens (tertiary/aromatic N) is 4. The van der Waals surface area contributed by atoms with E-state index in [4.69, 9.17) is 4.74 Å². The van der Waals surface area contributed by atoms with Crippen LogP contribution < -0.4 is 10.1 Å². The molecule has 0 spiro atoms. The summed E-state index contributed by atoms with van der Waals surface area (Å²) in [6.45, 7) is 4.02. The summed E-state index contributed by atoms with van der Waals surface area (Å²) in [6, 6.07) is 13.3. The molecule has 1 aromatic carbocycles. The van der Waals surface area contributed by atoms with Crippen LogP contribution in [0.2, 0.25) is 0 Å². The number of halogens is 1. The normalized spacial score (nSPS) is 10.7. The second-order valence-corrected chi connectivity index (χ2v) is 6.98. The van der Waals surface area contributed by atoms with Gasteiger partial charge in [-0.05, 0) is 61.9 Å². The predicted molar refractivity (Wildman–Crippen MR) is 113 cm³/mol. The molecular formula is C23H20FN5O2. The number of aryl methyl sites for hydroxylation is 2. The monoisotopic (exact) mass is 417 g/mol. The van der Waals surface area contributed by atoms with Gasteiger partial charge >= 0.3 is 0 Å². The maximum atomic E-state index is 14.3. The van der Waals surface area contributed by atoms with Crippen LogP contribution >= 0.6 is 0 Å². The van der Waals surface area contributed by atoms with Gasteiger partial charge in [0.1, 0.15) is 5.75 Å². The summed E-state index contributed by atoms with van der Waals surface area (Å²) in [5.41, 5.74) is 2.87. The van der Waals surface area contributed by atoms with Crippen LogP contribution in [-0.4, -0.2) is 25.7 Å². The molecule has 0 bridgehead atoms. The van der Waals surface area contributed by atoms with Crippen LogP contribution in [0.25, 0.3) is 5.82 Å². The zero-order valence-corrected chi connectivity index (χ0v) is 17.0. The molecule has 3 heterocycles. The van der Waals surface area contributed by atoms with E-state index in [0.29, 0.717) is 22.7 Å². The fourth-order valence-corrected chi connectivity index (χ4v) is 3.06. The highest BCUT2D eigenvalue weighted by atomic mass is 19.1. The van der Waals surface area contributed by atoms with Gasteiger partial charge in [-0.2, -0.15) is 5.10 Å². The third kappa shape index (κ3) is 4.75. The second kappa shape index (κ2) is 8.74. The molecule has 4 rings (SSSR count). The van der Waals surface area contributed by atoms with Gasteiger partial charge in [-0.3, -0.25) is 9.78 Å². The van der Waals surface area contributed by atoms with Crippen molar-refractivity contribution in [1.82, 2.24) is 25.1 Å². The maximum Gasteiger partial charge on any atom is 0.253 e. The Balaban J connectivity index is 1.38. The first-order valence-corrected chi connectivity index (χ1v) is 9.64. The lowest BCUT2D eigenvalue weighted by molar-refractivity contribution is 0.0950. The van der Waals surface area contributed by atoms with Gasteiger partial charge in [-0.1, -0.05) is 6.07 Å². The molecule has 0 aliphatic carbocycles. The number of pyridine rings is 2. The number of benzene rings is 1. The minimum atomic E-state index is -0.522. The molecule has 0 fully saturated rings. The van der Waals surface area contributed by atoms with Gasteiger partial charge in [0.2, 0.25) is 0 Å². The second-order valence-electron chi connectivity index (χ2n) is 6.98. The molecule has 0 saturated carbocycles. The lowest BCUT2D eigenvalue weighted by atomic mass is 10.2. The van der Waals surface area contributed by atoms with E-state index in [9.17, 15) is 9.18 Å². The van der Waals surface area contributed by atoms with Gasteiger partial charge in [0.05, 0.1) is 17.5 Å². The van der Waals surface area contributed by atoms with E-state index < -0.39 is 5.82 Å². The number of amides is 1. The summed E-state index contributed by atoms with van der Waals surface area (Å²) in [6.07, 6.45) is 4.60. The quantitative estimate of drug-likeness (QED) is 0.510. The van der Waals surface area contributed by atoms with Crippen LogP contribution in [0.15, 0.2) is 67.1 Å². The number of ether oxygens (including phenoxy) is 1. The first-order valence-electron chi connectivity index (χ1n) is 9.64. The molecule has 0 aliphatic rings. The molecule has 7 nitrogen and oxygen atoms in total. The van der Waals surface area contributed by atoms with E-state index in [-0.39, 0.29) is 18.2 Å². The van der Waals surface area contributed by atoms with Gasteiger partial charge in [0.15, 0.2) is 17.4 Å². The number of carbonyl (C=O) groups excluding carboxylic acids is 1. The number of rotatable bonds is 6. The summed E-state index contributed by atoms with van der Waals surface area (Å²) in [5, 5.41) is 7.14. The Morgan fingerprint density at radius 2 is 2.00 bits per heavy atom. The smallest absolute Gasteiger partial charge is 0.253 e. The van der Waals surface area contributed by atoms with Crippen LogP contribution in [0.4, 0.5) is 4.39 Å². The summed E-state index contributed by atoms with van der Waals surface area (Å²) in [7, 11) is 0. The SMILES string of the molecule is Cc1cc(C)n(-c2ccc(C(=O)NCc3ccc(Oc4cccnc4)c(F)c3)cn2)n1. The van der Waals surface area contributed by atoms with Crippen LogP contribution in [-0.2, 0) is 6.54 Å². The van der Waals surface area contributed by atoms with Gasteiger partial charge in [-0.25, -0.2) is 14.1 Å². The van der Waals surface area contributed by atoms with E-state index in [2.05, 4.69) is 20.4 Å². The standard InChI is InChI=1S/C23H20FN5O2/c1-15-10-16(2)29(28-15)22-8-6-18(13-26-22)23(30)27-12-17-5-7-21(20(24)11-17)31-19-4-3-9-25-14-19/h3-11,13-14H,12H2,1-2H3,(H,27,30). The molecule has 4 aromatic rings. The third-order valence-corrected chi connectivity index (χ3v) is 4.55. The summed E-state index contributed by atoms with van der Waals surface area (Å²) in [4.78, 5) is 20.7. The molecule has 31 heavy (non-hydrogen) atoms. The Hall–Kier alpha value is -4.07. The molecule has 0 aliphatic heterocycles. The van der Waals surface area contributed by atoms with Crippen molar-refractivity contribution in [2.45, 2.75) is 20.4 Å². The van der Waals surface area contributed by atoms with Gasteiger partial charge in [0.25, 0.3) is 5.91 Å². The minimum absolute atomic E-state index is 0.0898. The molecule has 1 N–H and O–H groups in total. The number of nitrogens with one attached hydrogen (secondary N) is 1. The Labute approximate surface area is 178 Å². The Morgan fingerprint density at radius 1 is 1.13 bits per heavy atom. The van der Waals surface area contributed by atoms with Crippen LogP contribution in [0, 0.1) is 19.7 Å². The minimum Gasteiger partial charge on any atom is -0.453 e. The first kappa shape index (κ1) is 20.2. The molecule has 0 unspecified atom stereocenters. The van der Waals surface area contributed by atoms with Crippen LogP contribution in [0.1, 0.15) is 27.3 Å². The van der Waals surface area contributed by atoms with Crippen molar-refractivity contribution < 1.29 is 13.9 Å². The highest BCUT2D eigenvalue weighted by Gasteiger charge is 2.11. The average molecular weight is 417 g/mol. The van der Waals surface area contributed by atoms with Crippen molar-refractivity contribution in [1.29, 1.82) is 0 Å². The van der Waals surface area contributed by atoms with Crippen molar-refractivity contribution in [2.24, 2.45) is 0 Å². The Bertz CT molecular complexity index is 1210. The predicted octanol–water partition coefficient (Wildman–Crippen LogP) is 4.14. The van der Waals surface area contributed by atoms with Crippen molar-refractivity contribution in [3.63, 3.8) is 0 Å². The molecule has 8 heteroatoms. The van der Waals surface area contributed by atoms with Crippen molar-refractivity contribution >= 4 is 5.91 Å². The lowest BCUT2D eigenvalue weighted by Gasteiger charge is -2.09. The molecule has 156 valence electrons. The summed E-state index contributed by atoms with van der Waals surface area (Å²) >= 11 is 0. The summed E-state index contributed by atoms with van der Waals surface area (Å²) in [5.74, 6) is 0.342. The topological polar surface area (TPSA) is 81.9 Å². The average Bonchev–Trinajstić information content (AvgIpc) is 3.12. The van der Waals surface area contributed by atoms with E-state index in [1.165, 1.54) is 24.5 Å². The van der Waals surface area contributed by atoms with Gasteiger partial charge < -0.3 is 10.1 Å². The number of hydrogen-bond donors (Lipinski definition) is 1. The van der Waals surface area contributed by atoms with Crippen molar-refractivity contribution in [2.75, 3.05) is 0 Å². The Kier molecular flexibility index (Phi) is 5.70. The highest BCUT2D eigenvalue weighted by Crippen LogP contribution is 2.24. The van der Waals surface area contributed by atoms with Crippen molar-refractivity contribution in [3.05, 3.63) is 95.5 Å². The number of hydrogen-bond acceptors (Lipinski definition) is 5. The van der Waals surface area contributed by atoms with Gasteiger partial charge in [0, 0.05) is 24.6 Å². The van der Waals surface area contributed by atoms with Crippen molar-refractivity contribution in [3.8, 4) is 17.3 Å². The zero-order valence-electron chi connectivity index (χ0n) is 17.0. The van der Waals surface area contributed by atoms with Crippen LogP contribution in [0.5, 0.6) is 11.5 Å². The number of aromatic nitrogens is 4. The zero-order chi connectivity index (χ0) is 21.8. The number of carbonyl (C=O) groups is 1. The fraction of sp³-hybridized carbons (Fsp3) is 0.130. The van der Waals surface area contributed by atoms with E-state index in [1.54, 1.807) is 41.2 Å². The van der Waals surface area contributed by atoms with Gasteiger partial charge in [-0.15, -0.1) is 0 Å². The fourth-order valence-electron chi connectivity index (χ4n) is 3.06. The third-order valence-electron chi connectivity index (χ3n) is 4.55. The molecular weight excluding hydrogens is 397 g/mol. The maximum absolute atomic E-state index is 14.3. The molecule has 0 saturated heterocycles. The molecule has 0 radical (unpaired) electrons. The largest absolute Gasteiger partial charge is 0.453 e. The van der Waals surface area contributed by atoms with E-state index in [0.717, 1.165) is 11.4 Å². The Morgan fingerprint density at radius 3 is 2.65 bits per heavy atom. The summed E-state index contributed by atoms with van der Waals surface area (Å²) < 4.78 is 21.5. The first-order chi connectivity index (χ1) is 15.0. The van der Waals surface area contributed by atoms with E-state index in [1.807, 2.05) is 19.9 Å². The van der Waals surface area contributed by atoms with Crippen LogP contribution in [0.3, 0.4) is 0 Å². The molecule has 1 amide bonds. The lowest BCUT2D eigenvalue weighted by Crippen LogP contribution is -2.23. The highest BCUT2D eigenvalue weighted by molar-refractivity contribution is 5.93.